The predicted molar refractivity (Wildman–Crippen MR) is 240 cm³/mol. The van der Waals surface area contributed by atoms with Crippen molar-refractivity contribution in [3.8, 4) is 0 Å². The number of ketones is 1. The van der Waals surface area contributed by atoms with Crippen LogP contribution in [0.4, 0.5) is 0 Å². The average Bonchev–Trinajstić information content (AvgIpc) is 3.72. The van der Waals surface area contributed by atoms with Crippen molar-refractivity contribution in [2.24, 2.45) is 23.2 Å². The summed E-state index contributed by atoms with van der Waals surface area (Å²) >= 11 is 3.66. The number of carbonyl (C=O) groups excluding carboxylic acids is 2. The van der Waals surface area contributed by atoms with Crippen molar-refractivity contribution in [1.29, 1.82) is 0 Å². The van der Waals surface area contributed by atoms with E-state index in [9.17, 15) is 4.79 Å². The lowest BCUT2D eigenvalue weighted by Crippen LogP contribution is -2.63. The van der Waals surface area contributed by atoms with Crippen molar-refractivity contribution < 1.29 is 42.1 Å². The van der Waals surface area contributed by atoms with Crippen LogP contribution >= 0.6 is 23.5 Å². The highest BCUT2D eigenvalue weighted by atomic mass is 32.2. The Balaban J connectivity index is 1.08. The van der Waals surface area contributed by atoms with Gasteiger partial charge in [0.15, 0.2) is 17.4 Å². The molecule has 0 saturated carbocycles. The molecule has 0 N–H and O–H groups in total. The van der Waals surface area contributed by atoms with Gasteiger partial charge in [-0.15, -0.1) is 23.5 Å². The van der Waals surface area contributed by atoms with Crippen LogP contribution in [0.15, 0.2) is 36.5 Å². The summed E-state index contributed by atoms with van der Waals surface area (Å²) in [5.74, 6) is 0.646. The molecule has 9 nitrogen and oxygen atoms in total. The Hall–Kier alpha value is -0.963. The number of thioether (sulfide) groups is 2. The maximum atomic E-state index is 15.0. The molecule has 6 rings (SSSR count). The number of carbonyl (C=O) groups is 2. The molecule has 0 unspecified atom stereocenters. The molecule has 0 aliphatic carbocycles. The molecule has 0 radical (unpaired) electrons. The summed E-state index contributed by atoms with van der Waals surface area (Å²) in [5.41, 5.74) is 0.509. The lowest BCUT2D eigenvalue weighted by molar-refractivity contribution is -0.355. The van der Waals surface area contributed by atoms with Gasteiger partial charge in [-0.25, -0.2) is 0 Å². The van der Waals surface area contributed by atoms with E-state index in [4.69, 9.17) is 32.5 Å². The van der Waals surface area contributed by atoms with Crippen LogP contribution in [-0.2, 0) is 42.1 Å². The summed E-state index contributed by atoms with van der Waals surface area (Å²) < 4.78 is 46.0. The minimum atomic E-state index is -2.69. The van der Waals surface area contributed by atoms with E-state index in [1.807, 2.05) is 44.3 Å². The molecule has 12 heteroatoms. The number of rotatable bonds is 11. The first-order chi connectivity index (χ1) is 27.5. The third-order valence-corrected chi connectivity index (χ3v) is 22.3. The molecular weight excluding hydrogens is 801 g/mol. The van der Waals surface area contributed by atoms with Crippen LogP contribution < -0.4 is 0 Å². The molecule has 0 amide bonds. The molecule has 0 aromatic heterocycles. The van der Waals surface area contributed by atoms with Crippen LogP contribution in [0.2, 0.25) is 10.1 Å². The number of hydrogen-bond donors (Lipinski definition) is 0. The van der Waals surface area contributed by atoms with Gasteiger partial charge in [-0.2, -0.15) is 0 Å². The van der Waals surface area contributed by atoms with Gasteiger partial charge in [0.2, 0.25) is 0 Å². The molecule has 6 aliphatic heterocycles. The second-order valence-corrected chi connectivity index (χ2v) is 29.2. The van der Waals surface area contributed by atoms with Crippen molar-refractivity contribution in [2.75, 3.05) is 24.7 Å². The van der Waals surface area contributed by atoms with E-state index in [-0.39, 0.29) is 64.0 Å². The second kappa shape index (κ2) is 17.9. The molecule has 5 saturated heterocycles. The van der Waals surface area contributed by atoms with Crippen molar-refractivity contribution >= 4 is 43.8 Å². The topological polar surface area (TPSA) is 98.8 Å². The summed E-state index contributed by atoms with van der Waals surface area (Å²) in [6.07, 6.45) is 14.3. The summed E-state index contributed by atoms with van der Waals surface area (Å²) in [6, 6.07) is 0. The van der Waals surface area contributed by atoms with Gasteiger partial charge in [0.05, 0.1) is 43.0 Å². The van der Waals surface area contributed by atoms with Gasteiger partial charge in [-0.05, 0) is 94.3 Å². The number of esters is 1. The highest BCUT2D eigenvalue weighted by Gasteiger charge is 2.63. The SMILES string of the molecule is C=C1CO[Si](C(C)(C)C)(C(C)(C)C)O[C@H]1[C@@H](C)C[C@@H](C)C1(C(=O)[C@H]2C[C@@H]3O[C@@]4(CC[C@]5(C=CC[C@@H](/C=C/CCCOC(=O)C(C)(C)C)O5)O4)[C@@H](C)C[C@@H]3O2)SCCCS1. The standard InChI is InChI=1S/C47H76O9S2Si/c1-31(39-32(2)30-51-59(55-39,43(8,9)10)44(11,12)13)27-34(4)47(57-25-18-26-58-47)40(48)38-29-37-36(52-38)28-33(3)46(54-37)23-22-45(56-46)21-17-20-35(53-45)19-15-14-16-24-50-41(49)42(5,6)7/h15,17,19,21,31,33-39H,2,14,16,18,20,22-30H2,1,3-13H3/b19-15+/t31-,33-,34+,35+,36-,37-,38+,39-,45-,46+/m0/s1. The fourth-order valence-corrected chi connectivity index (χ4v) is 19.0. The van der Waals surface area contributed by atoms with Gasteiger partial charge in [0.25, 0.3) is 0 Å². The van der Waals surface area contributed by atoms with Crippen LogP contribution in [0, 0.1) is 23.2 Å². The van der Waals surface area contributed by atoms with Crippen molar-refractivity contribution in [1.82, 2.24) is 0 Å². The van der Waals surface area contributed by atoms with E-state index < -0.39 is 35.7 Å². The minimum absolute atomic E-state index is 0.0670. The van der Waals surface area contributed by atoms with E-state index in [2.05, 4.69) is 93.2 Å². The van der Waals surface area contributed by atoms with E-state index in [0.717, 1.165) is 55.6 Å². The third-order valence-electron chi connectivity index (χ3n) is 13.4. The van der Waals surface area contributed by atoms with E-state index in [0.29, 0.717) is 32.5 Å². The molecule has 2 spiro atoms. The van der Waals surface area contributed by atoms with Gasteiger partial charge in [-0.3, -0.25) is 9.59 Å². The molecule has 0 aromatic carbocycles. The molecule has 6 aliphatic rings. The van der Waals surface area contributed by atoms with Crippen LogP contribution in [0.5, 0.6) is 0 Å². The number of hydrogen-bond acceptors (Lipinski definition) is 11. The Morgan fingerprint density at radius 1 is 1.00 bits per heavy atom. The molecule has 0 aromatic rings. The van der Waals surface area contributed by atoms with Gasteiger partial charge in [0, 0.05) is 35.3 Å². The van der Waals surface area contributed by atoms with Crippen LogP contribution in [0.3, 0.4) is 0 Å². The number of unbranched alkanes of at least 4 members (excludes halogenated alkanes) is 1. The van der Waals surface area contributed by atoms with Gasteiger partial charge in [-0.1, -0.05) is 87.1 Å². The first-order valence-electron chi connectivity index (χ1n) is 22.5. The zero-order valence-corrected chi connectivity index (χ0v) is 41.0. The van der Waals surface area contributed by atoms with Crippen LogP contribution in [-0.4, -0.2) is 91.2 Å². The second-order valence-electron chi connectivity index (χ2n) is 21.5. The Morgan fingerprint density at radius 2 is 1.69 bits per heavy atom. The first-order valence-corrected chi connectivity index (χ1v) is 26.3. The molecule has 334 valence electrons. The number of fused-ring (bicyclic) bond motifs is 1. The van der Waals surface area contributed by atoms with E-state index >= 15 is 4.79 Å². The molecular formula is C47H76O9S2Si. The summed E-state index contributed by atoms with van der Waals surface area (Å²) in [5, 5.41) is -0.235. The Kier molecular flexibility index (Phi) is 14.4. The maximum absolute atomic E-state index is 15.0. The Labute approximate surface area is 365 Å². The van der Waals surface area contributed by atoms with Crippen molar-refractivity contribution in [2.45, 2.75) is 197 Å². The molecule has 0 bridgehead atoms. The summed E-state index contributed by atoms with van der Waals surface area (Å²) in [7, 11) is -2.69. The first kappa shape index (κ1) is 47.5. The molecule has 59 heavy (non-hydrogen) atoms. The highest BCUT2D eigenvalue weighted by molar-refractivity contribution is 8.20. The van der Waals surface area contributed by atoms with Gasteiger partial charge >= 0.3 is 14.5 Å². The lowest BCUT2D eigenvalue weighted by Gasteiger charge is -2.54. The van der Waals surface area contributed by atoms with E-state index in [1.54, 1.807) is 0 Å². The fourth-order valence-electron chi connectivity index (χ4n) is 10.4. The number of ether oxygens (including phenoxy) is 5. The van der Waals surface area contributed by atoms with Crippen LogP contribution in [0.25, 0.3) is 0 Å². The monoisotopic (exact) mass is 876 g/mol. The minimum Gasteiger partial charge on any atom is -0.465 e. The lowest BCUT2D eigenvalue weighted by atomic mass is 9.85. The fraction of sp³-hybridized carbons (Fsp3) is 0.830. The molecule has 10 atom stereocenters. The van der Waals surface area contributed by atoms with Gasteiger partial charge < -0.3 is 32.5 Å². The number of Topliss-reactive ketones (excluding diaryl/α,β-unsaturated/α-hetero) is 1. The average molecular weight is 877 g/mol. The largest absolute Gasteiger partial charge is 0.465 e. The summed E-state index contributed by atoms with van der Waals surface area (Å²) in [4.78, 5) is 27.1. The Morgan fingerprint density at radius 3 is 2.36 bits per heavy atom. The maximum Gasteiger partial charge on any atom is 0.350 e. The predicted octanol–water partition coefficient (Wildman–Crippen LogP) is 10.9. The normalized spacial score (nSPS) is 35.9. The highest BCUT2D eigenvalue weighted by Crippen LogP contribution is 2.58. The third kappa shape index (κ3) is 9.76. The Bertz CT molecular complexity index is 1570. The van der Waals surface area contributed by atoms with Crippen molar-refractivity contribution in [3.05, 3.63) is 36.5 Å². The molecule has 6 heterocycles. The zero-order valence-electron chi connectivity index (χ0n) is 38.3. The zero-order chi connectivity index (χ0) is 43.2. The smallest absolute Gasteiger partial charge is 0.350 e. The quantitative estimate of drug-likeness (QED) is 0.0859. The summed E-state index contributed by atoms with van der Waals surface area (Å²) in [6.45, 7) is 31.2. The number of allylic oxidation sites excluding steroid dienone is 1. The van der Waals surface area contributed by atoms with Crippen LogP contribution in [0.1, 0.15) is 141 Å². The van der Waals surface area contributed by atoms with Crippen molar-refractivity contribution in [3.63, 3.8) is 0 Å². The van der Waals surface area contributed by atoms with Gasteiger partial charge in [0.1, 0.15) is 10.2 Å². The molecule has 5 fully saturated rings. The van der Waals surface area contributed by atoms with E-state index in [1.165, 1.54) is 0 Å².